The molecule has 0 heterocycles. The van der Waals surface area contributed by atoms with Crippen LogP contribution in [0.1, 0.15) is 39.5 Å². The lowest BCUT2D eigenvalue weighted by Crippen LogP contribution is -2.38. The van der Waals surface area contributed by atoms with Gasteiger partial charge < -0.3 is 5.73 Å². The monoisotopic (exact) mass is 173 g/mol. The second kappa shape index (κ2) is 3.73. The van der Waals surface area contributed by atoms with E-state index in [-0.39, 0.29) is 5.92 Å². The van der Waals surface area contributed by atoms with E-state index in [1.807, 2.05) is 0 Å². The van der Waals surface area contributed by atoms with Gasteiger partial charge in [-0.25, -0.2) is 4.39 Å². The second-order valence-electron chi connectivity index (χ2n) is 4.45. The highest BCUT2D eigenvalue weighted by molar-refractivity contribution is 4.86. The van der Waals surface area contributed by atoms with E-state index in [0.29, 0.717) is 12.5 Å². The van der Waals surface area contributed by atoms with E-state index in [9.17, 15) is 4.39 Å². The van der Waals surface area contributed by atoms with Crippen molar-refractivity contribution in [1.29, 1.82) is 0 Å². The molecule has 1 aliphatic carbocycles. The summed E-state index contributed by atoms with van der Waals surface area (Å²) >= 11 is 0. The highest BCUT2D eigenvalue weighted by atomic mass is 19.1. The summed E-state index contributed by atoms with van der Waals surface area (Å²) in [7, 11) is 0. The van der Waals surface area contributed by atoms with Gasteiger partial charge in [0.25, 0.3) is 0 Å². The predicted octanol–water partition coefficient (Wildman–Crippen LogP) is 2.50. The van der Waals surface area contributed by atoms with Crippen LogP contribution in [0.25, 0.3) is 0 Å². The zero-order valence-electron chi connectivity index (χ0n) is 8.15. The molecule has 0 aromatic heterocycles. The summed E-state index contributed by atoms with van der Waals surface area (Å²) in [5, 5.41) is 0. The molecule has 1 fully saturated rings. The third-order valence-electron chi connectivity index (χ3n) is 3.09. The van der Waals surface area contributed by atoms with E-state index in [1.54, 1.807) is 13.8 Å². The lowest BCUT2D eigenvalue weighted by atomic mass is 9.72. The van der Waals surface area contributed by atoms with E-state index in [0.717, 1.165) is 12.8 Å². The van der Waals surface area contributed by atoms with Crippen molar-refractivity contribution in [1.82, 2.24) is 0 Å². The van der Waals surface area contributed by atoms with Gasteiger partial charge in [-0.2, -0.15) is 0 Å². The SMILES string of the molecule is CC(C)(F)C1CCCCC1CN. The van der Waals surface area contributed by atoms with Gasteiger partial charge in [-0.05, 0) is 45.1 Å². The van der Waals surface area contributed by atoms with Crippen LogP contribution in [0.2, 0.25) is 0 Å². The average Bonchev–Trinajstić information content (AvgIpc) is 2.03. The van der Waals surface area contributed by atoms with Gasteiger partial charge in [-0.15, -0.1) is 0 Å². The van der Waals surface area contributed by atoms with E-state index in [1.165, 1.54) is 12.8 Å². The summed E-state index contributed by atoms with van der Waals surface area (Å²) in [6.45, 7) is 4.02. The quantitative estimate of drug-likeness (QED) is 0.682. The van der Waals surface area contributed by atoms with Crippen molar-refractivity contribution in [3.8, 4) is 0 Å². The third kappa shape index (κ3) is 2.19. The molecule has 0 bridgehead atoms. The van der Waals surface area contributed by atoms with Gasteiger partial charge >= 0.3 is 0 Å². The summed E-state index contributed by atoms with van der Waals surface area (Å²) < 4.78 is 13.7. The van der Waals surface area contributed by atoms with Crippen LogP contribution in [0, 0.1) is 11.8 Å². The Bertz CT molecular complexity index is 139. The second-order valence-corrected chi connectivity index (χ2v) is 4.45. The van der Waals surface area contributed by atoms with Crippen LogP contribution < -0.4 is 5.73 Å². The fourth-order valence-electron chi connectivity index (χ4n) is 2.39. The molecule has 0 amide bonds. The van der Waals surface area contributed by atoms with E-state index in [2.05, 4.69) is 0 Å². The lowest BCUT2D eigenvalue weighted by Gasteiger charge is -2.37. The van der Waals surface area contributed by atoms with Crippen LogP contribution in [0.5, 0.6) is 0 Å². The molecule has 2 N–H and O–H groups in total. The van der Waals surface area contributed by atoms with Gasteiger partial charge in [0.05, 0.1) is 0 Å². The maximum absolute atomic E-state index is 13.7. The minimum atomic E-state index is -1.04. The van der Waals surface area contributed by atoms with Crippen molar-refractivity contribution >= 4 is 0 Å². The minimum Gasteiger partial charge on any atom is -0.330 e. The fraction of sp³-hybridized carbons (Fsp3) is 1.00. The average molecular weight is 173 g/mol. The number of hydrogen-bond acceptors (Lipinski definition) is 1. The maximum Gasteiger partial charge on any atom is 0.108 e. The van der Waals surface area contributed by atoms with E-state index >= 15 is 0 Å². The number of halogens is 1. The Kier molecular flexibility index (Phi) is 3.10. The smallest absolute Gasteiger partial charge is 0.108 e. The van der Waals surface area contributed by atoms with Crippen LogP contribution in [0.15, 0.2) is 0 Å². The molecule has 2 heteroatoms. The number of rotatable bonds is 2. The first kappa shape index (κ1) is 9.97. The third-order valence-corrected chi connectivity index (χ3v) is 3.09. The largest absolute Gasteiger partial charge is 0.330 e. The normalized spacial score (nSPS) is 32.0. The van der Waals surface area contributed by atoms with Gasteiger partial charge in [0, 0.05) is 0 Å². The summed E-state index contributed by atoms with van der Waals surface area (Å²) in [5.41, 5.74) is 4.59. The summed E-state index contributed by atoms with van der Waals surface area (Å²) in [6, 6.07) is 0. The molecular weight excluding hydrogens is 153 g/mol. The van der Waals surface area contributed by atoms with E-state index < -0.39 is 5.67 Å². The number of alkyl halides is 1. The Balaban J connectivity index is 2.59. The summed E-state index contributed by atoms with van der Waals surface area (Å²) in [5.74, 6) is 0.606. The molecule has 12 heavy (non-hydrogen) atoms. The van der Waals surface area contributed by atoms with Crippen LogP contribution in [-0.2, 0) is 0 Å². The highest BCUT2D eigenvalue weighted by Gasteiger charge is 2.36. The van der Waals surface area contributed by atoms with Gasteiger partial charge in [-0.1, -0.05) is 12.8 Å². The Morgan fingerprint density at radius 3 is 2.33 bits per heavy atom. The molecule has 1 saturated carbocycles. The molecule has 72 valence electrons. The molecule has 1 aliphatic rings. The van der Waals surface area contributed by atoms with Gasteiger partial charge in [0.15, 0.2) is 0 Å². The molecule has 2 unspecified atom stereocenters. The van der Waals surface area contributed by atoms with Crippen molar-refractivity contribution in [2.45, 2.75) is 45.2 Å². The van der Waals surface area contributed by atoms with Gasteiger partial charge in [0.1, 0.15) is 5.67 Å². The molecule has 1 rings (SSSR count). The molecule has 1 nitrogen and oxygen atoms in total. The van der Waals surface area contributed by atoms with Gasteiger partial charge in [-0.3, -0.25) is 0 Å². The molecule has 0 saturated heterocycles. The Hall–Kier alpha value is -0.110. The Morgan fingerprint density at radius 1 is 1.33 bits per heavy atom. The van der Waals surface area contributed by atoms with Crippen LogP contribution in [-0.4, -0.2) is 12.2 Å². The zero-order chi connectivity index (χ0) is 9.19. The van der Waals surface area contributed by atoms with E-state index in [4.69, 9.17) is 5.73 Å². The first-order chi connectivity index (χ1) is 5.55. The number of hydrogen-bond donors (Lipinski definition) is 1. The topological polar surface area (TPSA) is 26.0 Å². The molecular formula is C10H20FN. The maximum atomic E-state index is 13.7. The van der Waals surface area contributed by atoms with Crippen molar-refractivity contribution < 1.29 is 4.39 Å². The lowest BCUT2D eigenvalue weighted by molar-refractivity contribution is 0.0524. The molecule has 0 aromatic carbocycles. The Labute approximate surface area is 74.5 Å². The Morgan fingerprint density at radius 2 is 1.92 bits per heavy atom. The first-order valence-electron chi connectivity index (χ1n) is 4.94. The first-order valence-corrected chi connectivity index (χ1v) is 4.94. The van der Waals surface area contributed by atoms with Crippen LogP contribution >= 0.6 is 0 Å². The zero-order valence-corrected chi connectivity index (χ0v) is 8.15. The summed E-state index contributed by atoms with van der Waals surface area (Å²) in [6.07, 6.45) is 4.54. The highest BCUT2D eigenvalue weighted by Crippen LogP contribution is 2.38. The van der Waals surface area contributed by atoms with Crippen molar-refractivity contribution in [2.75, 3.05) is 6.54 Å². The predicted molar refractivity (Wildman–Crippen MR) is 49.7 cm³/mol. The van der Waals surface area contributed by atoms with Crippen LogP contribution in [0.4, 0.5) is 4.39 Å². The molecule has 2 atom stereocenters. The van der Waals surface area contributed by atoms with Crippen molar-refractivity contribution in [3.05, 3.63) is 0 Å². The number of nitrogens with two attached hydrogens (primary N) is 1. The van der Waals surface area contributed by atoms with Gasteiger partial charge in [0.2, 0.25) is 0 Å². The van der Waals surface area contributed by atoms with Crippen molar-refractivity contribution in [2.24, 2.45) is 17.6 Å². The van der Waals surface area contributed by atoms with Crippen molar-refractivity contribution in [3.63, 3.8) is 0 Å². The minimum absolute atomic E-state index is 0.191. The summed E-state index contributed by atoms with van der Waals surface area (Å²) in [4.78, 5) is 0. The standard InChI is InChI=1S/C10H20FN/c1-10(2,11)9-6-4-3-5-8(9)7-12/h8-9H,3-7,12H2,1-2H3. The fourth-order valence-corrected chi connectivity index (χ4v) is 2.39. The molecule has 0 aliphatic heterocycles. The van der Waals surface area contributed by atoms with Crippen LogP contribution in [0.3, 0.4) is 0 Å². The molecule has 0 aromatic rings. The molecule has 0 radical (unpaired) electrons. The molecule has 0 spiro atoms.